The predicted molar refractivity (Wildman–Crippen MR) is 75.5 cm³/mol. The Bertz CT molecular complexity index is 690. The van der Waals surface area contributed by atoms with Crippen molar-refractivity contribution in [1.82, 2.24) is 14.5 Å². The zero-order chi connectivity index (χ0) is 12.5. The van der Waals surface area contributed by atoms with Crippen molar-refractivity contribution in [1.29, 1.82) is 0 Å². The van der Waals surface area contributed by atoms with Crippen LogP contribution in [0.4, 0.5) is 0 Å². The summed E-state index contributed by atoms with van der Waals surface area (Å²) < 4.78 is 2.90. The Labute approximate surface area is 118 Å². The molecule has 92 valence electrons. The lowest BCUT2D eigenvalue weighted by atomic mass is 10.4. The summed E-state index contributed by atoms with van der Waals surface area (Å²) in [6.07, 6.45) is 3.52. The van der Waals surface area contributed by atoms with Crippen LogP contribution in [0, 0.1) is 0 Å². The molecule has 0 saturated heterocycles. The number of hydrogen-bond donors (Lipinski definition) is 0. The standard InChI is InChI=1S/C12H9Cl2N3S/c13-5-12-16-9-6-15-4-3-10(9)17(12)7-8-1-2-11(14)18-8/h1-4,6H,5,7H2. The summed E-state index contributed by atoms with van der Waals surface area (Å²) in [5.74, 6) is 1.23. The molecule has 0 bridgehead atoms. The number of nitrogens with zero attached hydrogens (tertiary/aromatic N) is 3. The lowest BCUT2D eigenvalue weighted by molar-refractivity contribution is 0.789. The zero-order valence-corrected chi connectivity index (χ0v) is 11.6. The minimum atomic E-state index is 0.383. The molecule has 3 aromatic rings. The van der Waals surface area contributed by atoms with E-state index in [9.17, 15) is 0 Å². The molecule has 3 aromatic heterocycles. The van der Waals surface area contributed by atoms with Gasteiger partial charge in [-0.2, -0.15) is 0 Å². The molecule has 0 aliphatic heterocycles. The molecule has 0 saturated carbocycles. The molecule has 0 aliphatic rings. The first-order chi connectivity index (χ1) is 8.78. The minimum Gasteiger partial charge on any atom is -0.322 e. The maximum Gasteiger partial charge on any atom is 0.125 e. The summed E-state index contributed by atoms with van der Waals surface area (Å²) in [6.45, 7) is 0.736. The second kappa shape index (κ2) is 4.88. The zero-order valence-electron chi connectivity index (χ0n) is 9.31. The lowest BCUT2D eigenvalue weighted by Gasteiger charge is -2.05. The number of imidazole rings is 1. The van der Waals surface area contributed by atoms with Gasteiger partial charge in [0.15, 0.2) is 0 Å². The van der Waals surface area contributed by atoms with Gasteiger partial charge in [0.1, 0.15) is 11.3 Å². The fourth-order valence-corrected chi connectivity index (χ4v) is 3.18. The molecular weight excluding hydrogens is 289 g/mol. The van der Waals surface area contributed by atoms with E-state index in [2.05, 4.69) is 14.5 Å². The first-order valence-electron chi connectivity index (χ1n) is 5.37. The van der Waals surface area contributed by atoms with Crippen molar-refractivity contribution in [2.75, 3.05) is 0 Å². The predicted octanol–water partition coefficient (Wildman–Crippen LogP) is 3.93. The molecule has 0 aliphatic carbocycles. The molecule has 6 heteroatoms. The highest BCUT2D eigenvalue weighted by Crippen LogP contribution is 2.25. The van der Waals surface area contributed by atoms with Crippen LogP contribution in [-0.4, -0.2) is 14.5 Å². The minimum absolute atomic E-state index is 0.383. The molecule has 0 aromatic carbocycles. The Hall–Kier alpha value is -1.10. The molecule has 3 nitrogen and oxygen atoms in total. The van der Waals surface area contributed by atoms with Gasteiger partial charge in [-0.1, -0.05) is 11.6 Å². The third kappa shape index (κ3) is 2.11. The highest BCUT2D eigenvalue weighted by Gasteiger charge is 2.11. The van der Waals surface area contributed by atoms with Gasteiger partial charge in [0.05, 0.1) is 28.5 Å². The van der Waals surface area contributed by atoms with Gasteiger partial charge >= 0.3 is 0 Å². The normalized spacial score (nSPS) is 11.2. The van der Waals surface area contributed by atoms with Crippen molar-refractivity contribution in [3.63, 3.8) is 0 Å². The molecule has 18 heavy (non-hydrogen) atoms. The summed E-state index contributed by atoms with van der Waals surface area (Å²) in [5.41, 5.74) is 1.92. The number of rotatable bonds is 3. The van der Waals surface area contributed by atoms with E-state index in [4.69, 9.17) is 23.2 Å². The second-order valence-corrected chi connectivity index (χ2v) is 5.88. The number of pyridine rings is 1. The fourth-order valence-electron chi connectivity index (χ4n) is 1.90. The summed E-state index contributed by atoms with van der Waals surface area (Å²) in [6, 6.07) is 5.88. The van der Waals surface area contributed by atoms with Gasteiger partial charge < -0.3 is 4.57 Å². The van der Waals surface area contributed by atoms with E-state index in [-0.39, 0.29) is 0 Å². The van der Waals surface area contributed by atoms with Crippen LogP contribution in [0.3, 0.4) is 0 Å². The third-order valence-electron chi connectivity index (χ3n) is 2.69. The smallest absolute Gasteiger partial charge is 0.125 e. The van der Waals surface area contributed by atoms with Crippen LogP contribution < -0.4 is 0 Å². The molecule has 3 rings (SSSR count). The Morgan fingerprint density at radius 2 is 2.17 bits per heavy atom. The van der Waals surface area contributed by atoms with Gasteiger partial charge in [0.25, 0.3) is 0 Å². The van der Waals surface area contributed by atoms with Crippen LogP contribution in [0.5, 0.6) is 0 Å². The summed E-state index contributed by atoms with van der Waals surface area (Å²) in [7, 11) is 0. The third-order valence-corrected chi connectivity index (χ3v) is 4.15. The van der Waals surface area contributed by atoms with Crippen LogP contribution in [0.25, 0.3) is 11.0 Å². The van der Waals surface area contributed by atoms with E-state index in [1.54, 1.807) is 23.7 Å². The average Bonchev–Trinajstić information content (AvgIpc) is 2.94. The van der Waals surface area contributed by atoms with Crippen LogP contribution in [0.15, 0.2) is 30.6 Å². The highest BCUT2D eigenvalue weighted by molar-refractivity contribution is 7.16. The first kappa shape index (κ1) is 12.0. The topological polar surface area (TPSA) is 30.7 Å². The molecule has 0 spiro atoms. The molecule has 0 unspecified atom stereocenters. The Balaban J connectivity index is 2.09. The molecule has 0 amide bonds. The summed E-state index contributed by atoms with van der Waals surface area (Å²) in [4.78, 5) is 9.73. The molecule has 0 N–H and O–H groups in total. The van der Waals surface area contributed by atoms with E-state index >= 15 is 0 Å². The van der Waals surface area contributed by atoms with E-state index < -0.39 is 0 Å². The van der Waals surface area contributed by atoms with E-state index in [0.29, 0.717) is 5.88 Å². The SMILES string of the molecule is ClCc1nc2cnccc2n1Cc1ccc(Cl)s1. The van der Waals surface area contributed by atoms with E-state index in [0.717, 1.165) is 27.7 Å². The lowest BCUT2D eigenvalue weighted by Crippen LogP contribution is -2.02. The van der Waals surface area contributed by atoms with Crippen LogP contribution in [0.2, 0.25) is 4.34 Å². The molecule has 0 radical (unpaired) electrons. The van der Waals surface area contributed by atoms with Crippen molar-refractivity contribution in [2.24, 2.45) is 0 Å². The van der Waals surface area contributed by atoms with Gasteiger partial charge in [0, 0.05) is 11.1 Å². The number of halogens is 2. The van der Waals surface area contributed by atoms with Crippen LogP contribution >= 0.6 is 34.5 Å². The fraction of sp³-hybridized carbons (Fsp3) is 0.167. The van der Waals surface area contributed by atoms with E-state index in [1.165, 1.54) is 4.88 Å². The molecule has 0 atom stereocenters. The monoisotopic (exact) mass is 297 g/mol. The first-order valence-corrected chi connectivity index (χ1v) is 7.10. The second-order valence-electron chi connectivity index (χ2n) is 3.82. The van der Waals surface area contributed by atoms with Gasteiger partial charge in [-0.05, 0) is 18.2 Å². The number of fused-ring (bicyclic) bond motifs is 1. The maximum atomic E-state index is 5.95. The quantitative estimate of drug-likeness (QED) is 0.686. The van der Waals surface area contributed by atoms with Gasteiger partial charge in [-0.15, -0.1) is 22.9 Å². The van der Waals surface area contributed by atoms with E-state index in [1.807, 2.05) is 18.2 Å². The van der Waals surface area contributed by atoms with Gasteiger partial charge in [-0.3, -0.25) is 4.98 Å². The number of hydrogen-bond acceptors (Lipinski definition) is 3. The van der Waals surface area contributed by atoms with Gasteiger partial charge in [-0.25, -0.2) is 4.98 Å². The number of thiophene rings is 1. The average molecular weight is 298 g/mol. The number of alkyl halides is 1. The number of aromatic nitrogens is 3. The van der Waals surface area contributed by atoms with Crippen LogP contribution in [0.1, 0.15) is 10.7 Å². The van der Waals surface area contributed by atoms with Crippen molar-refractivity contribution in [3.05, 3.63) is 45.6 Å². The van der Waals surface area contributed by atoms with Crippen molar-refractivity contribution in [3.8, 4) is 0 Å². The molecule has 0 fully saturated rings. The van der Waals surface area contributed by atoms with Gasteiger partial charge in [0.2, 0.25) is 0 Å². The Kier molecular flexibility index (Phi) is 3.24. The highest BCUT2D eigenvalue weighted by atomic mass is 35.5. The van der Waals surface area contributed by atoms with Crippen molar-refractivity contribution in [2.45, 2.75) is 12.4 Å². The Morgan fingerprint density at radius 3 is 2.89 bits per heavy atom. The largest absolute Gasteiger partial charge is 0.322 e. The van der Waals surface area contributed by atoms with Crippen LogP contribution in [-0.2, 0) is 12.4 Å². The maximum absolute atomic E-state index is 5.95. The summed E-state index contributed by atoms with van der Waals surface area (Å²) in [5, 5.41) is 0. The van der Waals surface area contributed by atoms with Crippen molar-refractivity contribution >= 4 is 45.6 Å². The molecule has 3 heterocycles. The van der Waals surface area contributed by atoms with Crippen molar-refractivity contribution < 1.29 is 0 Å². The Morgan fingerprint density at radius 1 is 1.28 bits per heavy atom. The molecular formula is C12H9Cl2N3S. The summed E-state index contributed by atoms with van der Waals surface area (Å²) >= 11 is 13.5.